The minimum atomic E-state index is -0.568. The number of H-pyrrole nitrogens is 1. The summed E-state index contributed by atoms with van der Waals surface area (Å²) in [6.45, 7) is 0.108. The third kappa shape index (κ3) is 3.98. The number of rotatable bonds is 7. The number of nitrogens with zero attached hydrogens (tertiary/aromatic N) is 1. The van der Waals surface area contributed by atoms with Crippen LogP contribution in [0.25, 0.3) is 0 Å². The van der Waals surface area contributed by atoms with Crippen LogP contribution in [0.1, 0.15) is 40.5 Å². The molecule has 6 nitrogen and oxygen atoms in total. The van der Waals surface area contributed by atoms with Gasteiger partial charge in [0.05, 0.1) is 5.92 Å². The number of benzene rings is 1. The summed E-state index contributed by atoms with van der Waals surface area (Å²) >= 11 is 0. The van der Waals surface area contributed by atoms with Gasteiger partial charge in [0.2, 0.25) is 5.91 Å². The van der Waals surface area contributed by atoms with E-state index in [1.54, 1.807) is 18.2 Å². The Morgan fingerprint density at radius 3 is 2.67 bits per heavy atom. The van der Waals surface area contributed by atoms with Crippen molar-refractivity contribution in [1.82, 2.24) is 15.5 Å². The summed E-state index contributed by atoms with van der Waals surface area (Å²) < 4.78 is 12.9. The van der Waals surface area contributed by atoms with Crippen molar-refractivity contribution < 1.29 is 14.0 Å². The molecule has 1 aromatic carbocycles. The van der Waals surface area contributed by atoms with Gasteiger partial charge in [0.1, 0.15) is 11.5 Å². The first-order valence-corrected chi connectivity index (χ1v) is 7.90. The van der Waals surface area contributed by atoms with Crippen molar-refractivity contribution in [3.63, 3.8) is 0 Å². The van der Waals surface area contributed by atoms with Crippen molar-refractivity contribution in [2.24, 2.45) is 11.7 Å². The lowest BCUT2D eigenvalue weighted by Gasteiger charge is -2.14. The molecule has 0 unspecified atom stereocenters. The maximum atomic E-state index is 12.9. The fourth-order valence-corrected chi connectivity index (χ4v) is 2.54. The number of amides is 2. The molecule has 4 N–H and O–H groups in total. The molecule has 1 aliphatic rings. The Bertz CT molecular complexity index is 737. The van der Waals surface area contributed by atoms with E-state index in [2.05, 4.69) is 15.5 Å². The second-order valence-corrected chi connectivity index (χ2v) is 6.12. The van der Waals surface area contributed by atoms with E-state index in [4.69, 9.17) is 5.73 Å². The molecule has 0 spiro atoms. The van der Waals surface area contributed by atoms with Gasteiger partial charge in [0, 0.05) is 18.2 Å². The fraction of sp³-hybridized carbons (Fsp3) is 0.353. The average Bonchev–Trinajstić information content (AvgIpc) is 3.29. The van der Waals surface area contributed by atoms with E-state index < -0.39 is 11.8 Å². The number of nitrogens with one attached hydrogen (secondary N) is 2. The number of hydrogen-bond donors (Lipinski definition) is 3. The third-order valence-electron chi connectivity index (χ3n) is 4.15. The molecular formula is C17H19FN4O2. The Morgan fingerprint density at radius 1 is 1.33 bits per heavy atom. The molecule has 7 heteroatoms. The van der Waals surface area contributed by atoms with Crippen LogP contribution in [0, 0.1) is 11.7 Å². The molecule has 2 amide bonds. The highest BCUT2D eigenvalue weighted by molar-refractivity contribution is 5.92. The second-order valence-electron chi connectivity index (χ2n) is 6.12. The molecule has 0 bridgehead atoms. The Hall–Kier alpha value is -2.70. The molecule has 0 aliphatic heterocycles. The molecule has 1 heterocycles. The lowest BCUT2D eigenvalue weighted by atomic mass is 9.98. The monoisotopic (exact) mass is 330 g/mol. The highest BCUT2D eigenvalue weighted by atomic mass is 19.1. The van der Waals surface area contributed by atoms with Gasteiger partial charge in [0.15, 0.2) is 0 Å². The van der Waals surface area contributed by atoms with Crippen molar-refractivity contribution in [3.05, 3.63) is 53.1 Å². The maximum absolute atomic E-state index is 12.9. The Balaban J connectivity index is 1.57. The molecule has 1 aliphatic carbocycles. The zero-order valence-corrected chi connectivity index (χ0v) is 13.1. The lowest BCUT2D eigenvalue weighted by Crippen LogP contribution is -2.37. The van der Waals surface area contributed by atoms with Gasteiger partial charge in [0.25, 0.3) is 5.91 Å². The van der Waals surface area contributed by atoms with Crippen LogP contribution in [0.3, 0.4) is 0 Å². The number of primary amides is 1. The first-order valence-electron chi connectivity index (χ1n) is 7.90. The van der Waals surface area contributed by atoms with Gasteiger partial charge in [-0.15, -0.1) is 0 Å². The van der Waals surface area contributed by atoms with Crippen LogP contribution in [0.5, 0.6) is 0 Å². The quantitative estimate of drug-likeness (QED) is 0.717. The number of aromatic amines is 1. The summed E-state index contributed by atoms with van der Waals surface area (Å²) in [5.74, 6) is -1.28. The van der Waals surface area contributed by atoms with E-state index in [9.17, 15) is 14.0 Å². The van der Waals surface area contributed by atoms with Gasteiger partial charge < -0.3 is 11.1 Å². The summed E-state index contributed by atoms with van der Waals surface area (Å²) in [6, 6.07) is 7.60. The Kier molecular flexibility index (Phi) is 4.59. The minimum absolute atomic E-state index is 0.108. The van der Waals surface area contributed by atoms with Gasteiger partial charge >= 0.3 is 0 Å². The maximum Gasteiger partial charge on any atom is 0.271 e. The number of halogens is 1. The summed E-state index contributed by atoms with van der Waals surface area (Å²) in [5.41, 5.74) is 7.47. The number of carbonyl (C=O) groups is 2. The molecular weight excluding hydrogens is 311 g/mol. The van der Waals surface area contributed by atoms with Crippen molar-refractivity contribution in [2.75, 3.05) is 6.54 Å². The normalized spacial score (nSPS) is 15.0. The minimum Gasteiger partial charge on any atom is -0.369 e. The highest BCUT2D eigenvalue weighted by Gasteiger charge is 2.26. The SMILES string of the molecule is NC(=O)[C@@H](CNC(=O)c1cc(C2CC2)[nH]n1)Cc1ccc(F)cc1. The van der Waals surface area contributed by atoms with Crippen molar-refractivity contribution in [1.29, 1.82) is 0 Å². The largest absolute Gasteiger partial charge is 0.369 e. The molecule has 1 atom stereocenters. The Labute approximate surface area is 138 Å². The smallest absolute Gasteiger partial charge is 0.271 e. The molecule has 0 radical (unpaired) electrons. The number of carbonyl (C=O) groups excluding carboxylic acids is 2. The van der Waals surface area contributed by atoms with Gasteiger partial charge in [-0.25, -0.2) is 4.39 Å². The molecule has 1 saturated carbocycles. The predicted molar refractivity (Wildman–Crippen MR) is 85.7 cm³/mol. The zero-order chi connectivity index (χ0) is 17.1. The van der Waals surface area contributed by atoms with Crippen molar-refractivity contribution in [3.8, 4) is 0 Å². The van der Waals surface area contributed by atoms with Crippen LogP contribution in [-0.4, -0.2) is 28.6 Å². The van der Waals surface area contributed by atoms with Crippen LogP contribution in [0.15, 0.2) is 30.3 Å². The summed E-state index contributed by atoms with van der Waals surface area (Å²) in [7, 11) is 0. The molecule has 126 valence electrons. The van der Waals surface area contributed by atoms with Crippen molar-refractivity contribution >= 4 is 11.8 Å². The molecule has 2 aromatic rings. The van der Waals surface area contributed by atoms with E-state index in [1.807, 2.05) is 0 Å². The van der Waals surface area contributed by atoms with E-state index in [0.717, 1.165) is 24.1 Å². The van der Waals surface area contributed by atoms with Crippen LogP contribution in [0.2, 0.25) is 0 Å². The van der Waals surface area contributed by atoms with E-state index in [1.165, 1.54) is 12.1 Å². The van der Waals surface area contributed by atoms with Crippen LogP contribution in [-0.2, 0) is 11.2 Å². The lowest BCUT2D eigenvalue weighted by molar-refractivity contribution is -0.121. The summed E-state index contributed by atoms with van der Waals surface area (Å²) in [4.78, 5) is 23.7. The number of aromatic nitrogens is 2. The average molecular weight is 330 g/mol. The summed E-state index contributed by atoms with van der Waals surface area (Å²) in [6.07, 6.45) is 2.57. The van der Waals surface area contributed by atoms with E-state index in [0.29, 0.717) is 18.0 Å². The van der Waals surface area contributed by atoms with Gasteiger partial charge in [-0.2, -0.15) is 5.10 Å². The molecule has 24 heavy (non-hydrogen) atoms. The second kappa shape index (κ2) is 6.82. The van der Waals surface area contributed by atoms with Crippen molar-refractivity contribution in [2.45, 2.75) is 25.2 Å². The van der Waals surface area contributed by atoms with Crippen LogP contribution < -0.4 is 11.1 Å². The first-order chi connectivity index (χ1) is 11.5. The zero-order valence-electron chi connectivity index (χ0n) is 13.1. The van der Waals surface area contributed by atoms with E-state index in [-0.39, 0.29) is 18.3 Å². The highest BCUT2D eigenvalue weighted by Crippen LogP contribution is 2.38. The first kappa shape index (κ1) is 16.2. The summed E-state index contributed by atoms with van der Waals surface area (Å²) in [5, 5.41) is 9.55. The van der Waals surface area contributed by atoms with Crippen LogP contribution >= 0.6 is 0 Å². The Morgan fingerprint density at radius 2 is 2.04 bits per heavy atom. The van der Waals surface area contributed by atoms with Gasteiger partial charge in [-0.3, -0.25) is 14.7 Å². The third-order valence-corrected chi connectivity index (χ3v) is 4.15. The molecule has 3 rings (SSSR count). The van der Waals surface area contributed by atoms with Gasteiger partial charge in [-0.1, -0.05) is 12.1 Å². The molecule has 1 fully saturated rings. The molecule has 1 aromatic heterocycles. The topological polar surface area (TPSA) is 101 Å². The number of nitrogens with two attached hydrogens (primary N) is 1. The van der Waals surface area contributed by atoms with Gasteiger partial charge in [-0.05, 0) is 43.0 Å². The van der Waals surface area contributed by atoms with Crippen LogP contribution in [0.4, 0.5) is 4.39 Å². The predicted octanol–water partition coefficient (Wildman–Crippen LogP) is 1.50. The van der Waals surface area contributed by atoms with E-state index >= 15 is 0 Å². The standard InChI is InChI=1S/C17H19FN4O2/c18-13-5-1-10(2-6-13)7-12(16(19)23)9-20-17(24)15-8-14(21-22-15)11-3-4-11/h1-2,5-6,8,11-12H,3-4,7,9H2,(H2,19,23)(H,20,24)(H,21,22)/t12-/m1/s1. The molecule has 0 saturated heterocycles. The number of hydrogen-bond acceptors (Lipinski definition) is 3. The fourth-order valence-electron chi connectivity index (χ4n) is 2.54.